The molecule has 1 amide bonds. The molecule has 0 saturated carbocycles. The summed E-state index contributed by atoms with van der Waals surface area (Å²) in [5.41, 5.74) is -0.528. The van der Waals surface area contributed by atoms with E-state index in [1.54, 1.807) is 6.07 Å². The lowest BCUT2D eigenvalue weighted by atomic mass is 10.0. The lowest BCUT2D eigenvalue weighted by Crippen LogP contribution is -2.46. The molecule has 0 bridgehead atoms. The molecule has 1 aromatic carbocycles. The molecule has 1 heterocycles. The van der Waals surface area contributed by atoms with Crippen molar-refractivity contribution in [1.29, 1.82) is 0 Å². The molecule has 0 saturated heterocycles. The molecule has 0 fully saturated rings. The van der Waals surface area contributed by atoms with Crippen LogP contribution in [-0.4, -0.2) is 17.4 Å². The van der Waals surface area contributed by atoms with Crippen molar-refractivity contribution in [2.45, 2.75) is 38.8 Å². The first-order valence-corrected chi connectivity index (χ1v) is 7.65. The summed E-state index contributed by atoms with van der Waals surface area (Å²) >= 11 is 0. The molecule has 0 aliphatic carbocycles. The maximum Gasteiger partial charge on any atom is 0.375 e. The van der Waals surface area contributed by atoms with Crippen LogP contribution in [0, 0.1) is 5.82 Å². The molecule has 6 heteroatoms. The van der Waals surface area contributed by atoms with Gasteiger partial charge in [0.05, 0.1) is 6.26 Å². The van der Waals surface area contributed by atoms with Gasteiger partial charge in [-0.25, -0.2) is 9.18 Å². The third-order valence-electron chi connectivity index (χ3n) is 3.72. The van der Waals surface area contributed by atoms with Crippen LogP contribution in [0.5, 0.6) is 0 Å². The van der Waals surface area contributed by atoms with Crippen molar-refractivity contribution in [3.05, 3.63) is 59.8 Å². The zero-order chi connectivity index (χ0) is 17.7. The van der Waals surface area contributed by atoms with E-state index in [1.165, 1.54) is 36.6 Å². The SMILES string of the molecule is CCC(C)(C)NC(=O)[C@@H](OC(=O)c1ccco1)c1ccccc1F. The van der Waals surface area contributed by atoms with Crippen molar-refractivity contribution >= 4 is 11.9 Å². The summed E-state index contributed by atoms with van der Waals surface area (Å²) in [6.07, 6.45) is 0.568. The van der Waals surface area contributed by atoms with E-state index in [4.69, 9.17) is 9.15 Å². The summed E-state index contributed by atoms with van der Waals surface area (Å²) in [6.45, 7) is 5.57. The number of benzene rings is 1. The maximum absolute atomic E-state index is 14.1. The van der Waals surface area contributed by atoms with Gasteiger partial charge in [-0.2, -0.15) is 0 Å². The van der Waals surface area contributed by atoms with Crippen LogP contribution in [-0.2, 0) is 9.53 Å². The maximum atomic E-state index is 14.1. The first kappa shape index (κ1) is 17.7. The molecule has 128 valence electrons. The minimum Gasteiger partial charge on any atom is -0.457 e. The van der Waals surface area contributed by atoms with Gasteiger partial charge in [-0.05, 0) is 38.5 Å². The van der Waals surface area contributed by atoms with Crippen LogP contribution >= 0.6 is 0 Å². The van der Waals surface area contributed by atoms with Crippen LogP contribution in [0.2, 0.25) is 0 Å². The van der Waals surface area contributed by atoms with Gasteiger partial charge in [0, 0.05) is 11.1 Å². The molecule has 2 rings (SSSR count). The fourth-order valence-electron chi connectivity index (χ4n) is 1.99. The van der Waals surface area contributed by atoms with Gasteiger partial charge in [0.1, 0.15) is 5.82 Å². The van der Waals surface area contributed by atoms with E-state index < -0.39 is 29.3 Å². The second-order valence-corrected chi connectivity index (χ2v) is 6.01. The summed E-state index contributed by atoms with van der Waals surface area (Å²) in [4.78, 5) is 24.7. The molecule has 1 aromatic heterocycles. The van der Waals surface area contributed by atoms with E-state index in [0.717, 1.165) is 0 Å². The number of hydrogen-bond acceptors (Lipinski definition) is 4. The fourth-order valence-corrected chi connectivity index (χ4v) is 1.99. The Morgan fingerprint density at radius 2 is 1.96 bits per heavy atom. The van der Waals surface area contributed by atoms with Gasteiger partial charge in [-0.3, -0.25) is 4.79 Å². The molecular formula is C18H20FNO4. The van der Waals surface area contributed by atoms with Crippen molar-refractivity contribution in [3.63, 3.8) is 0 Å². The third-order valence-corrected chi connectivity index (χ3v) is 3.72. The van der Waals surface area contributed by atoms with Gasteiger partial charge in [-0.1, -0.05) is 25.1 Å². The zero-order valence-electron chi connectivity index (χ0n) is 13.8. The standard InChI is InChI=1S/C18H20FNO4/c1-4-18(2,3)20-16(21)15(12-8-5-6-9-13(12)19)24-17(22)14-10-7-11-23-14/h5-11,15H,4H2,1-3H3,(H,20,21)/t15-/m0/s1. The van der Waals surface area contributed by atoms with E-state index >= 15 is 0 Å². The Kier molecular flexibility index (Phi) is 5.39. The number of hydrogen-bond donors (Lipinski definition) is 1. The largest absolute Gasteiger partial charge is 0.457 e. The summed E-state index contributed by atoms with van der Waals surface area (Å²) in [6, 6.07) is 8.63. The lowest BCUT2D eigenvalue weighted by molar-refractivity contribution is -0.132. The van der Waals surface area contributed by atoms with E-state index in [-0.39, 0.29) is 11.3 Å². The number of furan rings is 1. The van der Waals surface area contributed by atoms with Gasteiger partial charge < -0.3 is 14.5 Å². The van der Waals surface area contributed by atoms with E-state index in [1.807, 2.05) is 20.8 Å². The van der Waals surface area contributed by atoms with Crippen LogP contribution in [0.15, 0.2) is 47.1 Å². The monoisotopic (exact) mass is 333 g/mol. The molecule has 0 radical (unpaired) electrons. The Hall–Kier alpha value is -2.63. The van der Waals surface area contributed by atoms with Crippen LogP contribution in [0.25, 0.3) is 0 Å². The number of carbonyl (C=O) groups excluding carboxylic acids is 2. The number of rotatable bonds is 6. The summed E-state index contributed by atoms with van der Waals surface area (Å²) in [5.74, 6) is -2.11. The summed E-state index contributed by atoms with van der Waals surface area (Å²) in [5, 5.41) is 2.77. The van der Waals surface area contributed by atoms with Gasteiger partial charge in [0.25, 0.3) is 5.91 Å². The van der Waals surface area contributed by atoms with Gasteiger partial charge in [0.2, 0.25) is 11.9 Å². The summed E-state index contributed by atoms with van der Waals surface area (Å²) in [7, 11) is 0. The second-order valence-electron chi connectivity index (χ2n) is 6.01. The van der Waals surface area contributed by atoms with Crippen LogP contribution in [0.3, 0.4) is 0 Å². The number of halogens is 1. The summed E-state index contributed by atoms with van der Waals surface area (Å²) < 4.78 is 24.3. The Bertz CT molecular complexity index is 710. The highest BCUT2D eigenvalue weighted by atomic mass is 19.1. The highest BCUT2D eigenvalue weighted by Crippen LogP contribution is 2.24. The quantitative estimate of drug-likeness (QED) is 0.820. The number of ether oxygens (including phenoxy) is 1. The van der Waals surface area contributed by atoms with E-state index in [0.29, 0.717) is 6.42 Å². The normalized spacial score (nSPS) is 12.5. The molecular weight excluding hydrogens is 313 g/mol. The van der Waals surface area contributed by atoms with E-state index in [2.05, 4.69) is 5.32 Å². The van der Waals surface area contributed by atoms with Crippen LogP contribution < -0.4 is 5.32 Å². The minimum absolute atomic E-state index is 0.0122. The van der Waals surface area contributed by atoms with E-state index in [9.17, 15) is 14.0 Å². The van der Waals surface area contributed by atoms with Crippen molar-refractivity contribution < 1.29 is 23.1 Å². The van der Waals surface area contributed by atoms with Crippen LogP contribution in [0.1, 0.15) is 49.4 Å². The van der Waals surface area contributed by atoms with Crippen molar-refractivity contribution in [3.8, 4) is 0 Å². The predicted octanol–water partition coefficient (Wildman–Crippen LogP) is 3.62. The number of carbonyl (C=O) groups is 2. The first-order chi connectivity index (χ1) is 11.3. The predicted molar refractivity (Wildman–Crippen MR) is 85.8 cm³/mol. The van der Waals surface area contributed by atoms with Gasteiger partial charge in [0.15, 0.2) is 0 Å². The lowest BCUT2D eigenvalue weighted by Gasteiger charge is -2.27. The highest BCUT2D eigenvalue weighted by molar-refractivity contribution is 5.90. The molecule has 0 aliphatic rings. The Morgan fingerprint density at radius 1 is 1.25 bits per heavy atom. The molecule has 1 N–H and O–H groups in total. The molecule has 5 nitrogen and oxygen atoms in total. The molecule has 0 unspecified atom stereocenters. The highest BCUT2D eigenvalue weighted by Gasteiger charge is 2.31. The topological polar surface area (TPSA) is 68.5 Å². The van der Waals surface area contributed by atoms with Crippen LogP contribution in [0.4, 0.5) is 4.39 Å². The molecule has 1 atom stereocenters. The molecule has 0 spiro atoms. The second kappa shape index (κ2) is 7.29. The average Bonchev–Trinajstić information content (AvgIpc) is 3.07. The van der Waals surface area contributed by atoms with Crippen molar-refractivity contribution in [2.75, 3.05) is 0 Å². The van der Waals surface area contributed by atoms with Crippen molar-refractivity contribution in [2.24, 2.45) is 0 Å². The molecule has 0 aliphatic heterocycles. The zero-order valence-corrected chi connectivity index (χ0v) is 13.8. The fraction of sp³-hybridized carbons (Fsp3) is 0.333. The minimum atomic E-state index is -1.41. The van der Waals surface area contributed by atoms with Crippen molar-refractivity contribution in [1.82, 2.24) is 5.32 Å². The van der Waals surface area contributed by atoms with Gasteiger partial charge >= 0.3 is 5.97 Å². The average molecular weight is 333 g/mol. The van der Waals surface area contributed by atoms with Gasteiger partial charge in [-0.15, -0.1) is 0 Å². The third kappa shape index (κ3) is 4.22. The number of nitrogens with one attached hydrogen (secondary N) is 1. The number of amides is 1. The number of esters is 1. The molecule has 24 heavy (non-hydrogen) atoms. The Labute approximate surface area is 139 Å². The molecule has 2 aromatic rings. The Balaban J connectivity index is 2.30. The first-order valence-electron chi connectivity index (χ1n) is 7.65. The Morgan fingerprint density at radius 3 is 2.54 bits per heavy atom. The smallest absolute Gasteiger partial charge is 0.375 e.